The maximum Gasteiger partial charge on any atom is 0.262 e. The van der Waals surface area contributed by atoms with Crippen molar-refractivity contribution < 1.29 is 9.59 Å². The lowest BCUT2D eigenvalue weighted by Gasteiger charge is -2.23. The summed E-state index contributed by atoms with van der Waals surface area (Å²) in [6, 6.07) is 15.9. The molecule has 3 heteroatoms. The van der Waals surface area contributed by atoms with Gasteiger partial charge >= 0.3 is 0 Å². The molecule has 0 unspecified atom stereocenters. The van der Waals surface area contributed by atoms with Gasteiger partial charge in [-0.1, -0.05) is 48.5 Å². The van der Waals surface area contributed by atoms with Crippen LogP contribution in [0.1, 0.15) is 32.3 Å². The second-order valence-electron chi connectivity index (χ2n) is 4.62. The van der Waals surface area contributed by atoms with Crippen molar-refractivity contribution in [3.8, 4) is 0 Å². The molecule has 0 aliphatic carbocycles. The second-order valence-corrected chi connectivity index (χ2v) is 4.62. The molecule has 2 aromatic carbocycles. The van der Waals surface area contributed by atoms with Gasteiger partial charge in [0.05, 0.1) is 17.2 Å². The van der Waals surface area contributed by atoms with Crippen molar-refractivity contribution in [1.29, 1.82) is 0 Å². The lowest BCUT2D eigenvalue weighted by molar-refractivity contribution is 0.0614. The van der Waals surface area contributed by atoms with Crippen LogP contribution in [0.3, 0.4) is 0 Å². The molecule has 0 saturated carbocycles. The van der Waals surface area contributed by atoms with Crippen LogP contribution in [0.5, 0.6) is 0 Å². The highest BCUT2D eigenvalue weighted by molar-refractivity contribution is 6.21. The van der Waals surface area contributed by atoms with E-state index in [-0.39, 0.29) is 11.8 Å². The predicted octanol–water partition coefficient (Wildman–Crippen LogP) is 3.21. The molecular weight excluding hydrogens is 250 g/mol. The summed E-state index contributed by atoms with van der Waals surface area (Å²) in [5.74, 6) is -0.529. The zero-order valence-electron chi connectivity index (χ0n) is 10.8. The van der Waals surface area contributed by atoms with Gasteiger partial charge in [0.2, 0.25) is 0 Å². The smallest absolute Gasteiger partial charge is 0.262 e. The van der Waals surface area contributed by atoms with E-state index in [1.165, 1.54) is 4.90 Å². The Bertz CT molecular complexity index is 656. The van der Waals surface area contributed by atoms with Gasteiger partial charge in [0.25, 0.3) is 11.8 Å². The third kappa shape index (κ3) is 1.75. The molecular formula is C17H13NO2. The van der Waals surface area contributed by atoms with Crippen LogP contribution in [0.15, 0.2) is 67.3 Å². The first-order valence-corrected chi connectivity index (χ1v) is 6.38. The van der Waals surface area contributed by atoms with E-state index >= 15 is 0 Å². The Morgan fingerprint density at radius 3 is 1.85 bits per heavy atom. The van der Waals surface area contributed by atoms with Gasteiger partial charge in [-0.2, -0.15) is 0 Å². The predicted molar refractivity (Wildman–Crippen MR) is 76.3 cm³/mol. The molecule has 0 fully saturated rings. The quantitative estimate of drug-likeness (QED) is 0.630. The average Bonchev–Trinajstić information content (AvgIpc) is 2.75. The van der Waals surface area contributed by atoms with E-state index in [2.05, 4.69) is 6.58 Å². The standard InChI is InChI=1S/C17H13NO2/c1-2-15(12-8-4-3-5-9-12)18-16(19)13-10-6-7-11-14(13)17(18)20/h2-11,15H,1H2/t15-/m1/s1. The van der Waals surface area contributed by atoms with Crippen LogP contribution in [-0.2, 0) is 0 Å². The first-order valence-electron chi connectivity index (χ1n) is 6.38. The Morgan fingerprint density at radius 1 is 0.850 bits per heavy atom. The molecule has 0 radical (unpaired) electrons. The van der Waals surface area contributed by atoms with Gasteiger partial charge in [-0.3, -0.25) is 14.5 Å². The Hall–Kier alpha value is -2.68. The van der Waals surface area contributed by atoms with Gasteiger partial charge in [-0.15, -0.1) is 6.58 Å². The molecule has 1 atom stereocenters. The first kappa shape index (κ1) is 12.4. The van der Waals surface area contributed by atoms with Gasteiger partial charge in [0, 0.05) is 0 Å². The Kier molecular flexibility index (Phi) is 2.95. The average molecular weight is 263 g/mol. The van der Waals surface area contributed by atoms with Crippen molar-refractivity contribution in [2.75, 3.05) is 0 Å². The monoisotopic (exact) mass is 263 g/mol. The molecule has 2 amide bonds. The Balaban J connectivity index is 2.06. The number of imide groups is 1. The highest BCUT2D eigenvalue weighted by atomic mass is 16.2. The van der Waals surface area contributed by atoms with E-state index < -0.39 is 6.04 Å². The molecule has 1 aliphatic heterocycles. The van der Waals surface area contributed by atoms with Gasteiger partial charge in [0.15, 0.2) is 0 Å². The van der Waals surface area contributed by atoms with Crippen molar-refractivity contribution in [2.45, 2.75) is 6.04 Å². The highest BCUT2D eigenvalue weighted by Crippen LogP contribution is 2.31. The van der Waals surface area contributed by atoms with Crippen LogP contribution >= 0.6 is 0 Å². The number of hydrogen-bond acceptors (Lipinski definition) is 2. The number of amides is 2. The molecule has 0 saturated heterocycles. The number of hydrogen-bond donors (Lipinski definition) is 0. The molecule has 0 bridgehead atoms. The third-order valence-corrected chi connectivity index (χ3v) is 3.47. The van der Waals surface area contributed by atoms with Crippen molar-refractivity contribution in [3.05, 3.63) is 83.9 Å². The highest BCUT2D eigenvalue weighted by Gasteiger charge is 2.39. The number of benzene rings is 2. The molecule has 0 spiro atoms. The Morgan fingerprint density at radius 2 is 1.35 bits per heavy atom. The van der Waals surface area contributed by atoms with E-state index in [1.807, 2.05) is 30.3 Å². The summed E-state index contributed by atoms with van der Waals surface area (Å²) in [6.45, 7) is 3.77. The maximum absolute atomic E-state index is 12.4. The third-order valence-electron chi connectivity index (χ3n) is 3.47. The van der Waals surface area contributed by atoms with Gasteiger partial charge in [-0.05, 0) is 17.7 Å². The van der Waals surface area contributed by atoms with Crippen molar-refractivity contribution >= 4 is 11.8 Å². The molecule has 1 aliphatic rings. The molecule has 20 heavy (non-hydrogen) atoms. The number of carbonyl (C=O) groups is 2. The van der Waals surface area contributed by atoms with Crippen LogP contribution in [0, 0.1) is 0 Å². The summed E-state index contributed by atoms with van der Waals surface area (Å²) < 4.78 is 0. The molecule has 3 nitrogen and oxygen atoms in total. The van der Waals surface area contributed by atoms with Crippen LogP contribution in [0.2, 0.25) is 0 Å². The van der Waals surface area contributed by atoms with Crippen LogP contribution in [0.25, 0.3) is 0 Å². The fourth-order valence-corrected chi connectivity index (χ4v) is 2.50. The van der Waals surface area contributed by atoms with E-state index in [9.17, 15) is 9.59 Å². The topological polar surface area (TPSA) is 37.4 Å². The van der Waals surface area contributed by atoms with Crippen molar-refractivity contribution in [3.63, 3.8) is 0 Å². The lowest BCUT2D eigenvalue weighted by Crippen LogP contribution is -2.33. The van der Waals surface area contributed by atoms with Crippen LogP contribution < -0.4 is 0 Å². The SMILES string of the molecule is C=C[C@H](c1ccccc1)N1C(=O)c2ccccc2C1=O. The summed E-state index contributed by atoms with van der Waals surface area (Å²) in [6.07, 6.45) is 1.62. The minimum atomic E-state index is -0.441. The Labute approximate surface area is 117 Å². The number of fused-ring (bicyclic) bond motifs is 1. The van der Waals surface area contributed by atoms with E-state index in [0.29, 0.717) is 11.1 Å². The zero-order chi connectivity index (χ0) is 14.1. The number of nitrogens with zero attached hydrogens (tertiary/aromatic N) is 1. The van der Waals surface area contributed by atoms with Gasteiger partial charge in [-0.25, -0.2) is 0 Å². The molecule has 3 rings (SSSR count). The second kappa shape index (κ2) is 4.78. The molecule has 0 N–H and O–H groups in total. The van der Waals surface area contributed by atoms with Crippen molar-refractivity contribution in [1.82, 2.24) is 4.90 Å². The van der Waals surface area contributed by atoms with Gasteiger partial charge < -0.3 is 0 Å². The van der Waals surface area contributed by atoms with Crippen LogP contribution in [-0.4, -0.2) is 16.7 Å². The summed E-state index contributed by atoms with van der Waals surface area (Å²) in [5, 5.41) is 0. The summed E-state index contributed by atoms with van der Waals surface area (Å²) >= 11 is 0. The van der Waals surface area contributed by atoms with E-state index in [1.54, 1.807) is 30.3 Å². The van der Waals surface area contributed by atoms with Crippen LogP contribution in [0.4, 0.5) is 0 Å². The normalized spacial score (nSPS) is 15.1. The van der Waals surface area contributed by atoms with Gasteiger partial charge in [0.1, 0.15) is 0 Å². The van der Waals surface area contributed by atoms with Crippen molar-refractivity contribution in [2.24, 2.45) is 0 Å². The lowest BCUT2D eigenvalue weighted by atomic mass is 10.1. The fraction of sp³-hybridized carbons (Fsp3) is 0.0588. The molecule has 98 valence electrons. The summed E-state index contributed by atoms with van der Waals surface area (Å²) in [4.78, 5) is 26.1. The largest absolute Gasteiger partial charge is 0.269 e. The molecule has 1 heterocycles. The number of rotatable bonds is 3. The van der Waals surface area contributed by atoms with E-state index in [4.69, 9.17) is 0 Å². The zero-order valence-corrected chi connectivity index (χ0v) is 10.8. The van der Waals surface area contributed by atoms with E-state index in [0.717, 1.165) is 5.56 Å². The molecule has 2 aromatic rings. The summed E-state index contributed by atoms with van der Waals surface area (Å²) in [7, 11) is 0. The first-order chi connectivity index (χ1) is 9.74. The minimum Gasteiger partial charge on any atom is -0.269 e. The minimum absolute atomic E-state index is 0.264. The maximum atomic E-state index is 12.4. The molecule has 0 aromatic heterocycles. The fourth-order valence-electron chi connectivity index (χ4n) is 2.50. The number of carbonyl (C=O) groups excluding carboxylic acids is 2. The summed E-state index contributed by atoms with van der Waals surface area (Å²) in [5.41, 5.74) is 1.79.